The largest absolute Gasteiger partial charge is 0.490 e. The lowest BCUT2D eigenvalue weighted by atomic mass is 10.2. The summed E-state index contributed by atoms with van der Waals surface area (Å²) < 4.78 is 5.76. The Morgan fingerprint density at radius 2 is 2.05 bits per heavy atom. The molecule has 104 valence electrons. The van der Waals surface area contributed by atoms with Gasteiger partial charge in [-0.05, 0) is 51.4 Å². The lowest BCUT2D eigenvalue weighted by molar-refractivity contribution is 0.0689. The number of likely N-dealkylation sites (tertiary alicyclic amines) is 1. The molecule has 19 heavy (non-hydrogen) atoms. The van der Waals surface area contributed by atoms with E-state index in [9.17, 15) is 4.79 Å². The van der Waals surface area contributed by atoms with Crippen molar-refractivity contribution in [1.82, 2.24) is 4.90 Å². The number of rotatable bonds is 6. The number of hydrogen-bond donors (Lipinski definition) is 1. The molecule has 1 N–H and O–H groups in total. The van der Waals surface area contributed by atoms with Crippen LogP contribution >= 0.6 is 0 Å². The van der Waals surface area contributed by atoms with Crippen LogP contribution in [0.15, 0.2) is 24.3 Å². The molecule has 1 aliphatic heterocycles. The van der Waals surface area contributed by atoms with Gasteiger partial charge in [-0.15, -0.1) is 0 Å². The van der Waals surface area contributed by atoms with Gasteiger partial charge in [-0.2, -0.15) is 0 Å². The average molecular weight is 263 g/mol. The van der Waals surface area contributed by atoms with Gasteiger partial charge in [0.25, 0.3) is 0 Å². The molecule has 0 amide bonds. The lowest BCUT2D eigenvalue weighted by Gasteiger charge is -2.20. The number of carboxylic acids is 1. The van der Waals surface area contributed by atoms with Gasteiger partial charge in [0.2, 0.25) is 0 Å². The van der Waals surface area contributed by atoms with Crippen molar-refractivity contribution in [2.45, 2.75) is 32.3 Å². The fourth-order valence-corrected chi connectivity index (χ4v) is 2.39. The molecule has 1 aromatic rings. The summed E-state index contributed by atoms with van der Waals surface area (Å²) in [6.45, 7) is 5.38. The number of ether oxygens (including phenoxy) is 1. The zero-order valence-electron chi connectivity index (χ0n) is 11.3. The molecule has 0 saturated carbocycles. The van der Waals surface area contributed by atoms with Gasteiger partial charge in [-0.25, -0.2) is 4.79 Å². The van der Waals surface area contributed by atoms with E-state index in [2.05, 4.69) is 4.90 Å². The number of nitrogens with zero attached hydrogens (tertiary/aromatic N) is 1. The van der Waals surface area contributed by atoms with Crippen molar-refractivity contribution >= 4 is 5.97 Å². The predicted molar refractivity (Wildman–Crippen MR) is 73.8 cm³/mol. The Morgan fingerprint density at radius 1 is 1.37 bits per heavy atom. The van der Waals surface area contributed by atoms with E-state index in [1.54, 1.807) is 24.3 Å². The second kappa shape index (κ2) is 6.57. The molecule has 0 spiro atoms. The Labute approximate surface area is 114 Å². The smallest absolute Gasteiger partial charge is 0.339 e. The fraction of sp³-hybridized carbons (Fsp3) is 0.533. The van der Waals surface area contributed by atoms with Gasteiger partial charge < -0.3 is 14.7 Å². The van der Waals surface area contributed by atoms with E-state index in [4.69, 9.17) is 9.84 Å². The first-order chi connectivity index (χ1) is 9.16. The van der Waals surface area contributed by atoms with E-state index in [1.165, 1.54) is 25.9 Å². The van der Waals surface area contributed by atoms with E-state index in [-0.39, 0.29) is 11.7 Å². The Bertz CT molecular complexity index is 427. The molecule has 2 rings (SSSR count). The molecule has 1 atom stereocenters. The quantitative estimate of drug-likeness (QED) is 0.857. The SMILES string of the molecule is CC(CCN1CCCC1)Oc1ccccc1C(=O)O. The Hall–Kier alpha value is -1.55. The number of hydrogen-bond acceptors (Lipinski definition) is 3. The van der Waals surface area contributed by atoms with Crippen LogP contribution in [0.25, 0.3) is 0 Å². The zero-order valence-corrected chi connectivity index (χ0v) is 11.3. The third kappa shape index (κ3) is 3.96. The number of aromatic carboxylic acids is 1. The van der Waals surface area contributed by atoms with Gasteiger partial charge in [-0.3, -0.25) is 0 Å². The van der Waals surface area contributed by atoms with E-state index in [0.29, 0.717) is 5.75 Å². The first-order valence-corrected chi connectivity index (χ1v) is 6.88. The van der Waals surface area contributed by atoms with Crippen molar-refractivity contribution in [2.75, 3.05) is 19.6 Å². The minimum absolute atomic E-state index is 0.0288. The third-order valence-corrected chi connectivity index (χ3v) is 3.50. The summed E-state index contributed by atoms with van der Waals surface area (Å²) in [5.74, 6) is -0.480. The van der Waals surface area contributed by atoms with Crippen molar-refractivity contribution in [1.29, 1.82) is 0 Å². The number of carboxylic acid groups (broad SMARTS) is 1. The fourth-order valence-electron chi connectivity index (χ4n) is 2.39. The Balaban J connectivity index is 1.87. The molecule has 1 unspecified atom stereocenters. The lowest BCUT2D eigenvalue weighted by Crippen LogP contribution is -2.25. The van der Waals surface area contributed by atoms with Gasteiger partial charge >= 0.3 is 5.97 Å². The number of para-hydroxylation sites is 1. The normalized spacial score (nSPS) is 17.3. The maximum atomic E-state index is 11.1. The zero-order chi connectivity index (χ0) is 13.7. The molecule has 4 heteroatoms. The van der Waals surface area contributed by atoms with Crippen LogP contribution in [0, 0.1) is 0 Å². The number of carbonyl (C=O) groups is 1. The van der Waals surface area contributed by atoms with Crippen LogP contribution in [0.2, 0.25) is 0 Å². The minimum Gasteiger partial charge on any atom is -0.490 e. The molecule has 0 aromatic heterocycles. The highest BCUT2D eigenvalue weighted by Crippen LogP contribution is 2.20. The van der Waals surface area contributed by atoms with E-state index in [1.807, 2.05) is 6.92 Å². The first-order valence-electron chi connectivity index (χ1n) is 6.88. The van der Waals surface area contributed by atoms with Crippen molar-refractivity contribution in [2.24, 2.45) is 0 Å². The summed E-state index contributed by atoms with van der Waals surface area (Å²) in [4.78, 5) is 13.5. The summed E-state index contributed by atoms with van der Waals surface area (Å²) in [5.41, 5.74) is 0.232. The molecule has 1 heterocycles. The van der Waals surface area contributed by atoms with Crippen molar-refractivity contribution in [3.8, 4) is 5.75 Å². The summed E-state index contributed by atoms with van der Waals surface area (Å²) in [6, 6.07) is 6.81. The summed E-state index contributed by atoms with van der Waals surface area (Å²) >= 11 is 0. The second-order valence-electron chi connectivity index (χ2n) is 5.07. The monoisotopic (exact) mass is 263 g/mol. The Kier molecular flexibility index (Phi) is 4.80. The summed E-state index contributed by atoms with van der Waals surface area (Å²) in [7, 11) is 0. The van der Waals surface area contributed by atoms with Gasteiger partial charge in [0.05, 0.1) is 6.10 Å². The van der Waals surface area contributed by atoms with E-state index >= 15 is 0 Å². The predicted octanol–water partition coefficient (Wildman–Crippen LogP) is 2.64. The van der Waals surface area contributed by atoms with Gasteiger partial charge in [0.1, 0.15) is 11.3 Å². The van der Waals surface area contributed by atoms with Crippen LogP contribution in [0.1, 0.15) is 36.5 Å². The maximum absolute atomic E-state index is 11.1. The van der Waals surface area contributed by atoms with E-state index < -0.39 is 5.97 Å². The van der Waals surface area contributed by atoms with Crippen LogP contribution in [0.5, 0.6) is 5.75 Å². The molecule has 1 saturated heterocycles. The molecule has 1 aliphatic rings. The molecule has 0 radical (unpaired) electrons. The molecule has 1 aromatic carbocycles. The van der Waals surface area contributed by atoms with Gasteiger partial charge in [0, 0.05) is 6.54 Å². The number of benzene rings is 1. The minimum atomic E-state index is -0.942. The molecule has 4 nitrogen and oxygen atoms in total. The highest BCUT2D eigenvalue weighted by Gasteiger charge is 2.15. The summed E-state index contributed by atoms with van der Waals surface area (Å²) in [5, 5.41) is 9.09. The maximum Gasteiger partial charge on any atom is 0.339 e. The van der Waals surface area contributed by atoms with Crippen molar-refractivity contribution in [3.63, 3.8) is 0 Å². The van der Waals surface area contributed by atoms with Crippen LogP contribution in [0.3, 0.4) is 0 Å². The average Bonchev–Trinajstić information content (AvgIpc) is 2.90. The highest BCUT2D eigenvalue weighted by atomic mass is 16.5. The first kappa shape index (κ1) is 13.9. The standard InChI is InChI=1S/C15H21NO3/c1-12(8-11-16-9-4-5-10-16)19-14-7-3-2-6-13(14)15(17)18/h2-3,6-7,12H,4-5,8-11H2,1H3,(H,17,18). The second-order valence-corrected chi connectivity index (χ2v) is 5.07. The molecular weight excluding hydrogens is 242 g/mol. The molecule has 0 bridgehead atoms. The Morgan fingerprint density at radius 3 is 2.74 bits per heavy atom. The van der Waals surface area contributed by atoms with Gasteiger partial charge in [0.15, 0.2) is 0 Å². The van der Waals surface area contributed by atoms with E-state index in [0.717, 1.165) is 13.0 Å². The highest BCUT2D eigenvalue weighted by molar-refractivity contribution is 5.90. The van der Waals surface area contributed by atoms with Crippen LogP contribution in [-0.2, 0) is 0 Å². The molecule has 1 fully saturated rings. The topological polar surface area (TPSA) is 49.8 Å². The van der Waals surface area contributed by atoms with Crippen molar-refractivity contribution in [3.05, 3.63) is 29.8 Å². The molecular formula is C15H21NO3. The molecule has 0 aliphatic carbocycles. The van der Waals surface area contributed by atoms with Crippen LogP contribution in [0.4, 0.5) is 0 Å². The summed E-state index contributed by atoms with van der Waals surface area (Å²) in [6.07, 6.45) is 3.53. The van der Waals surface area contributed by atoms with Crippen molar-refractivity contribution < 1.29 is 14.6 Å². The third-order valence-electron chi connectivity index (χ3n) is 3.50. The van der Waals surface area contributed by atoms with Crippen LogP contribution < -0.4 is 4.74 Å². The van der Waals surface area contributed by atoms with Crippen LogP contribution in [-0.4, -0.2) is 41.7 Å². The van der Waals surface area contributed by atoms with Gasteiger partial charge in [-0.1, -0.05) is 12.1 Å².